The summed E-state index contributed by atoms with van der Waals surface area (Å²) in [5.41, 5.74) is 0.842. The molecule has 4 nitrogen and oxygen atoms in total. The summed E-state index contributed by atoms with van der Waals surface area (Å²) in [7, 11) is 0. The second-order valence-electron chi connectivity index (χ2n) is 4.72. The number of carbonyl (C=O) groups is 1. The minimum Gasteiger partial charge on any atom is -0.271 e. The van der Waals surface area contributed by atoms with Gasteiger partial charge in [0.25, 0.3) is 5.91 Å². The molecule has 1 amide bonds. The van der Waals surface area contributed by atoms with Crippen LogP contribution in [-0.2, 0) is 0 Å². The first-order valence-electron chi connectivity index (χ1n) is 6.69. The lowest BCUT2D eigenvalue weighted by atomic mass is 10.2. The molecule has 23 heavy (non-hydrogen) atoms. The van der Waals surface area contributed by atoms with Gasteiger partial charge in [-0.2, -0.15) is 0 Å². The first-order chi connectivity index (χ1) is 11.1. The number of nitrogens with zero attached hydrogens (tertiary/aromatic N) is 3. The fourth-order valence-corrected chi connectivity index (χ4v) is 2.76. The molecule has 1 heterocycles. The summed E-state index contributed by atoms with van der Waals surface area (Å²) in [5.74, 6) is -0.00287. The standard InChI is InChI=1S/C16H10Cl3N3O/c17-11-4-1-3-10(9-11)15(23)22-8-7-20-16(22)21-14-12(18)5-2-6-13(14)19/h1-7,9H,8H2. The van der Waals surface area contributed by atoms with Crippen LogP contribution in [0.2, 0.25) is 15.1 Å². The summed E-state index contributed by atoms with van der Waals surface area (Å²) in [6.45, 7) is 0.326. The largest absolute Gasteiger partial charge is 0.271 e. The molecule has 0 N–H and O–H groups in total. The molecule has 7 heteroatoms. The molecular formula is C16H10Cl3N3O. The van der Waals surface area contributed by atoms with Crippen molar-refractivity contribution in [1.29, 1.82) is 0 Å². The Bertz CT molecular complexity index is 813. The van der Waals surface area contributed by atoms with Crippen molar-refractivity contribution < 1.29 is 4.79 Å². The maximum absolute atomic E-state index is 12.6. The Morgan fingerprint density at radius 3 is 2.48 bits per heavy atom. The van der Waals surface area contributed by atoms with Gasteiger partial charge in [-0.05, 0) is 30.3 Å². The quantitative estimate of drug-likeness (QED) is 0.748. The summed E-state index contributed by atoms with van der Waals surface area (Å²) in [6.07, 6.45) is 1.60. The molecule has 0 aromatic heterocycles. The zero-order valence-corrected chi connectivity index (χ0v) is 14.0. The number of hydrogen-bond acceptors (Lipinski definition) is 2. The van der Waals surface area contributed by atoms with Crippen LogP contribution >= 0.6 is 34.8 Å². The molecule has 0 atom stereocenters. The minimum absolute atomic E-state index is 0.241. The highest BCUT2D eigenvalue weighted by atomic mass is 35.5. The van der Waals surface area contributed by atoms with Crippen molar-refractivity contribution in [2.75, 3.05) is 6.54 Å². The zero-order chi connectivity index (χ0) is 16.4. The topological polar surface area (TPSA) is 45.0 Å². The molecule has 0 spiro atoms. The van der Waals surface area contributed by atoms with Gasteiger partial charge in [0.05, 0.1) is 16.6 Å². The highest BCUT2D eigenvalue weighted by Crippen LogP contribution is 2.33. The SMILES string of the molecule is O=C(c1cccc(Cl)c1)N1CC=NC1=Nc1c(Cl)cccc1Cl. The lowest BCUT2D eigenvalue weighted by molar-refractivity contribution is 0.0864. The number of hydrogen-bond donors (Lipinski definition) is 0. The fraction of sp³-hybridized carbons (Fsp3) is 0.0625. The zero-order valence-electron chi connectivity index (χ0n) is 11.7. The Morgan fingerprint density at radius 1 is 1.09 bits per heavy atom. The van der Waals surface area contributed by atoms with Gasteiger partial charge >= 0.3 is 0 Å². The molecule has 2 aromatic rings. The van der Waals surface area contributed by atoms with E-state index in [4.69, 9.17) is 34.8 Å². The number of guanidine groups is 1. The van der Waals surface area contributed by atoms with Crippen LogP contribution < -0.4 is 0 Å². The van der Waals surface area contributed by atoms with Crippen LogP contribution in [0, 0.1) is 0 Å². The summed E-state index contributed by atoms with van der Waals surface area (Å²) in [6, 6.07) is 11.8. The Balaban J connectivity index is 1.95. The summed E-state index contributed by atoms with van der Waals surface area (Å²) in [5, 5.41) is 1.27. The van der Waals surface area contributed by atoms with Crippen molar-refractivity contribution in [2.24, 2.45) is 9.98 Å². The molecular weight excluding hydrogens is 357 g/mol. The Hall–Kier alpha value is -1.88. The molecule has 3 rings (SSSR count). The first-order valence-corrected chi connectivity index (χ1v) is 7.82. The van der Waals surface area contributed by atoms with Crippen LogP contribution in [0.3, 0.4) is 0 Å². The van der Waals surface area contributed by atoms with Gasteiger partial charge < -0.3 is 0 Å². The summed E-state index contributed by atoms with van der Waals surface area (Å²) < 4.78 is 0. The number of halogens is 3. The van der Waals surface area contributed by atoms with E-state index < -0.39 is 0 Å². The van der Waals surface area contributed by atoms with Crippen molar-refractivity contribution in [3.63, 3.8) is 0 Å². The number of benzene rings is 2. The minimum atomic E-state index is -0.244. The van der Waals surface area contributed by atoms with E-state index in [1.165, 1.54) is 4.90 Å². The van der Waals surface area contributed by atoms with Gasteiger partial charge in [0.2, 0.25) is 5.96 Å². The third kappa shape index (κ3) is 3.39. The van der Waals surface area contributed by atoms with Crippen LogP contribution in [0.5, 0.6) is 0 Å². The van der Waals surface area contributed by atoms with E-state index in [2.05, 4.69) is 9.98 Å². The number of para-hydroxylation sites is 1. The monoisotopic (exact) mass is 365 g/mol. The maximum atomic E-state index is 12.6. The lowest BCUT2D eigenvalue weighted by Crippen LogP contribution is -2.33. The average Bonchev–Trinajstić information content (AvgIpc) is 2.98. The first kappa shape index (κ1) is 16.0. The molecule has 0 radical (unpaired) electrons. The van der Waals surface area contributed by atoms with E-state index in [0.29, 0.717) is 32.9 Å². The molecule has 0 saturated heterocycles. The van der Waals surface area contributed by atoms with E-state index in [0.717, 1.165) is 0 Å². The number of carbonyl (C=O) groups excluding carboxylic acids is 1. The summed E-state index contributed by atoms with van der Waals surface area (Å²) >= 11 is 18.2. The van der Waals surface area contributed by atoms with Crippen molar-refractivity contribution in [2.45, 2.75) is 0 Å². The van der Waals surface area contributed by atoms with Crippen molar-refractivity contribution >= 4 is 58.6 Å². The highest BCUT2D eigenvalue weighted by Gasteiger charge is 2.24. The van der Waals surface area contributed by atoms with Crippen LogP contribution in [0.15, 0.2) is 52.4 Å². The van der Waals surface area contributed by atoms with Crippen LogP contribution in [0.4, 0.5) is 5.69 Å². The van der Waals surface area contributed by atoms with Crippen molar-refractivity contribution in [1.82, 2.24) is 4.90 Å². The van der Waals surface area contributed by atoms with E-state index >= 15 is 0 Å². The number of rotatable bonds is 2. The van der Waals surface area contributed by atoms with E-state index in [1.54, 1.807) is 48.7 Å². The van der Waals surface area contributed by atoms with Crippen LogP contribution in [-0.4, -0.2) is 29.5 Å². The molecule has 1 aliphatic heterocycles. The number of amides is 1. The van der Waals surface area contributed by atoms with Crippen molar-refractivity contribution in [3.8, 4) is 0 Å². The Labute approximate surface area is 148 Å². The Morgan fingerprint density at radius 2 is 1.78 bits per heavy atom. The second-order valence-corrected chi connectivity index (χ2v) is 5.97. The predicted molar refractivity (Wildman–Crippen MR) is 94.5 cm³/mol. The van der Waals surface area contributed by atoms with Gasteiger partial charge in [-0.1, -0.05) is 46.9 Å². The normalized spacial score (nSPS) is 15.4. The van der Waals surface area contributed by atoms with Gasteiger partial charge in [-0.15, -0.1) is 0 Å². The molecule has 2 aromatic carbocycles. The molecule has 1 aliphatic rings. The van der Waals surface area contributed by atoms with E-state index in [9.17, 15) is 4.79 Å². The smallest absolute Gasteiger partial charge is 0.261 e. The van der Waals surface area contributed by atoms with Gasteiger partial charge in [0.15, 0.2) is 0 Å². The third-order valence-electron chi connectivity index (χ3n) is 3.18. The Kier molecular flexibility index (Phi) is 4.66. The lowest BCUT2D eigenvalue weighted by Gasteiger charge is -2.15. The van der Waals surface area contributed by atoms with Gasteiger partial charge in [0, 0.05) is 16.8 Å². The number of aliphatic imine (C=N–C) groups is 2. The van der Waals surface area contributed by atoms with Crippen LogP contribution in [0.25, 0.3) is 0 Å². The van der Waals surface area contributed by atoms with E-state index in [-0.39, 0.29) is 11.9 Å². The van der Waals surface area contributed by atoms with Crippen LogP contribution in [0.1, 0.15) is 10.4 Å². The van der Waals surface area contributed by atoms with Gasteiger partial charge in [-0.3, -0.25) is 9.69 Å². The predicted octanol–water partition coefficient (Wildman–Crippen LogP) is 4.86. The molecule has 0 unspecified atom stereocenters. The molecule has 0 bridgehead atoms. The third-order valence-corrected chi connectivity index (χ3v) is 4.02. The molecule has 0 fully saturated rings. The van der Waals surface area contributed by atoms with Crippen molar-refractivity contribution in [3.05, 3.63) is 63.1 Å². The van der Waals surface area contributed by atoms with Gasteiger partial charge in [0.1, 0.15) is 5.69 Å². The fourth-order valence-electron chi connectivity index (χ4n) is 2.09. The van der Waals surface area contributed by atoms with E-state index in [1.807, 2.05) is 0 Å². The molecule has 0 saturated carbocycles. The second kappa shape index (κ2) is 6.71. The van der Waals surface area contributed by atoms with Gasteiger partial charge in [-0.25, -0.2) is 9.98 Å². The maximum Gasteiger partial charge on any atom is 0.261 e. The average molecular weight is 367 g/mol. The summed E-state index contributed by atoms with van der Waals surface area (Å²) in [4.78, 5) is 22.5. The molecule has 116 valence electrons. The molecule has 0 aliphatic carbocycles. The highest BCUT2D eigenvalue weighted by molar-refractivity contribution is 6.39.